The Hall–Kier alpha value is -1.50. The van der Waals surface area contributed by atoms with Gasteiger partial charge in [0.1, 0.15) is 11.6 Å². The lowest BCUT2D eigenvalue weighted by Gasteiger charge is -2.09. The van der Waals surface area contributed by atoms with Crippen molar-refractivity contribution in [1.82, 2.24) is 9.97 Å². The van der Waals surface area contributed by atoms with Crippen molar-refractivity contribution in [2.75, 3.05) is 11.5 Å². The summed E-state index contributed by atoms with van der Waals surface area (Å²) in [6.45, 7) is 1.90. The fraction of sp³-hybridized carbons (Fsp3) is 0.167. The van der Waals surface area contributed by atoms with E-state index in [0.717, 1.165) is 10.5 Å². The summed E-state index contributed by atoms with van der Waals surface area (Å²) >= 11 is 7.52. The van der Waals surface area contributed by atoms with E-state index in [9.17, 15) is 0 Å². The summed E-state index contributed by atoms with van der Waals surface area (Å²) in [6, 6.07) is 7.09. The predicted octanol–water partition coefficient (Wildman–Crippen LogP) is 2.47. The van der Waals surface area contributed by atoms with Crippen molar-refractivity contribution >= 4 is 35.0 Å². The van der Waals surface area contributed by atoms with Crippen LogP contribution in [0, 0.1) is 0 Å². The minimum Gasteiger partial charge on any atom is -0.383 e. The molecule has 0 radical (unpaired) electrons. The van der Waals surface area contributed by atoms with Gasteiger partial charge in [-0.2, -0.15) is 0 Å². The SMILES string of the molecule is CC(N)c1ccc(Sc2nc(N)cc(N)n2)c(Cl)c1. The molecule has 2 aromatic rings. The molecular formula is C12H14ClN5S. The van der Waals surface area contributed by atoms with E-state index in [1.165, 1.54) is 17.8 Å². The van der Waals surface area contributed by atoms with Gasteiger partial charge < -0.3 is 17.2 Å². The third kappa shape index (κ3) is 3.50. The van der Waals surface area contributed by atoms with Crippen LogP contribution in [0.1, 0.15) is 18.5 Å². The molecule has 1 unspecified atom stereocenters. The zero-order chi connectivity index (χ0) is 14.0. The van der Waals surface area contributed by atoms with Crippen LogP contribution in [0.2, 0.25) is 5.02 Å². The smallest absolute Gasteiger partial charge is 0.196 e. The fourth-order valence-corrected chi connectivity index (χ4v) is 2.59. The highest BCUT2D eigenvalue weighted by Gasteiger charge is 2.09. The average molecular weight is 296 g/mol. The summed E-state index contributed by atoms with van der Waals surface area (Å²) in [6.07, 6.45) is 0. The van der Waals surface area contributed by atoms with Crippen molar-refractivity contribution in [2.24, 2.45) is 5.73 Å². The average Bonchev–Trinajstić information content (AvgIpc) is 2.30. The largest absolute Gasteiger partial charge is 0.383 e. The topological polar surface area (TPSA) is 104 Å². The van der Waals surface area contributed by atoms with Crippen molar-refractivity contribution in [3.8, 4) is 0 Å². The summed E-state index contributed by atoms with van der Waals surface area (Å²) < 4.78 is 0. The van der Waals surface area contributed by atoms with E-state index in [1.54, 1.807) is 0 Å². The van der Waals surface area contributed by atoms with Crippen LogP contribution in [0.15, 0.2) is 34.3 Å². The molecule has 0 bridgehead atoms. The van der Waals surface area contributed by atoms with Crippen LogP contribution < -0.4 is 17.2 Å². The molecule has 1 aromatic heterocycles. The molecule has 0 amide bonds. The van der Waals surface area contributed by atoms with E-state index >= 15 is 0 Å². The third-order valence-electron chi connectivity index (χ3n) is 2.43. The maximum atomic E-state index is 6.21. The van der Waals surface area contributed by atoms with Crippen LogP contribution >= 0.6 is 23.4 Å². The molecule has 1 aromatic carbocycles. The molecule has 2 rings (SSSR count). The highest BCUT2D eigenvalue weighted by atomic mass is 35.5. The Morgan fingerprint density at radius 3 is 2.32 bits per heavy atom. The second-order valence-corrected chi connectivity index (χ2v) is 5.50. The van der Waals surface area contributed by atoms with Gasteiger partial charge in [0, 0.05) is 17.0 Å². The van der Waals surface area contributed by atoms with Crippen LogP contribution in [0.4, 0.5) is 11.6 Å². The van der Waals surface area contributed by atoms with E-state index in [2.05, 4.69) is 9.97 Å². The Morgan fingerprint density at radius 1 is 1.16 bits per heavy atom. The first-order valence-electron chi connectivity index (χ1n) is 5.58. The Kier molecular flexibility index (Phi) is 4.14. The van der Waals surface area contributed by atoms with Gasteiger partial charge in [-0.1, -0.05) is 17.7 Å². The molecule has 0 fully saturated rings. The standard InChI is InChI=1S/C12H14ClN5S/c1-6(14)7-2-3-9(8(13)4-7)19-12-17-10(15)5-11(16)18-12/h2-6H,14H2,1H3,(H4,15,16,17,18). The minimum absolute atomic E-state index is 0.0594. The lowest BCUT2D eigenvalue weighted by molar-refractivity contribution is 0.817. The molecule has 5 nitrogen and oxygen atoms in total. The monoisotopic (exact) mass is 295 g/mol. The third-order valence-corrected chi connectivity index (χ3v) is 3.79. The quantitative estimate of drug-likeness (QED) is 0.751. The maximum absolute atomic E-state index is 6.21. The van der Waals surface area contributed by atoms with Gasteiger partial charge in [0.2, 0.25) is 0 Å². The highest BCUT2D eigenvalue weighted by Crippen LogP contribution is 2.33. The number of halogens is 1. The molecule has 0 saturated carbocycles. The van der Waals surface area contributed by atoms with Crippen LogP contribution in [-0.4, -0.2) is 9.97 Å². The van der Waals surface area contributed by atoms with Crippen molar-refractivity contribution in [1.29, 1.82) is 0 Å². The highest BCUT2D eigenvalue weighted by molar-refractivity contribution is 7.99. The second kappa shape index (κ2) is 5.64. The van der Waals surface area contributed by atoms with E-state index in [-0.39, 0.29) is 6.04 Å². The van der Waals surface area contributed by atoms with Crippen LogP contribution in [0.5, 0.6) is 0 Å². The van der Waals surface area contributed by atoms with E-state index in [0.29, 0.717) is 21.8 Å². The molecule has 6 N–H and O–H groups in total. The molecule has 1 atom stereocenters. The summed E-state index contributed by atoms with van der Waals surface area (Å²) in [5, 5.41) is 1.07. The first kappa shape index (κ1) is 13.9. The first-order chi connectivity index (χ1) is 8.95. The molecule has 7 heteroatoms. The lowest BCUT2D eigenvalue weighted by atomic mass is 10.1. The molecule has 0 saturated heterocycles. The molecule has 100 valence electrons. The van der Waals surface area contributed by atoms with Crippen molar-refractivity contribution in [3.63, 3.8) is 0 Å². The van der Waals surface area contributed by atoms with Crippen molar-refractivity contribution < 1.29 is 0 Å². The Labute approximate surface area is 120 Å². The molecule has 0 aliphatic rings. The minimum atomic E-state index is -0.0594. The van der Waals surface area contributed by atoms with Gasteiger partial charge in [0.05, 0.1) is 5.02 Å². The second-order valence-electron chi connectivity index (χ2n) is 4.08. The van der Waals surface area contributed by atoms with Gasteiger partial charge in [-0.15, -0.1) is 0 Å². The molecule has 0 aliphatic heterocycles. The number of nitrogens with zero attached hydrogens (tertiary/aromatic N) is 2. The number of benzene rings is 1. The van der Waals surface area contributed by atoms with Crippen LogP contribution in [0.25, 0.3) is 0 Å². The van der Waals surface area contributed by atoms with Gasteiger partial charge in [0.25, 0.3) is 0 Å². The molecular weight excluding hydrogens is 282 g/mol. The van der Waals surface area contributed by atoms with E-state index in [1.807, 2.05) is 25.1 Å². The molecule has 19 heavy (non-hydrogen) atoms. The number of nitrogens with two attached hydrogens (primary N) is 3. The van der Waals surface area contributed by atoms with Gasteiger partial charge in [-0.05, 0) is 36.4 Å². The fourth-order valence-electron chi connectivity index (χ4n) is 1.49. The van der Waals surface area contributed by atoms with Gasteiger partial charge in [-0.3, -0.25) is 0 Å². The maximum Gasteiger partial charge on any atom is 0.196 e. The number of hydrogen-bond donors (Lipinski definition) is 3. The van der Waals surface area contributed by atoms with E-state index in [4.69, 9.17) is 28.8 Å². The molecule has 0 aliphatic carbocycles. The normalized spacial score (nSPS) is 12.4. The summed E-state index contributed by atoms with van der Waals surface area (Å²) in [5.74, 6) is 0.664. The summed E-state index contributed by atoms with van der Waals surface area (Å²) in [7, 11) is 0. The number of rotatable bonds is 3. The summed E-state index contributed by atoms with van der Waals surface area (Å²) in [4.78, 5) is 9.02. The molecule has 1 heterocycles. The van der Waals surface area contributed by atoms with E-state index < -0.39 is 0 Å². The van der Waals surface area contributed by atoms with Gasteiger partial charge >= 0.3 is 0 Å². The Morgan fingerprint density at radius 2 is 1.79 bits per heavy atom. The Balaban J connectivity index is 2.28. The lowest BCUT2D eigenvalue weighted by Crippen LogP contribution is -2.04. The number of aromatic nitrogens is 2. The summed E-state index contributed by atoms with van der Waals surface area (Å²) in [5.41, 5.74) is 18.0. The number of nitrogen functional groups attached to an aromatic ring is 2. The zero-order valence-electron chi connectivity index (χ0n) is 10.3. The zero-order valence-corrected chi connectivity index (χ0v) is 11.9. The number of hydrogen-bond acceptors (Lipinski definition) is 6. The number of anilines is 2. The van der Waals surface area contributed by atoms with Crippen LogP contribution in [-0.2, 0) is 0 Å². The first-order valence-corrected chi connectivity index (χ1v) is 6.78. The van der Waals surface area contributed by atoms with Gasteiger partial charge in [0.15, 0.2) is 5.16 Å². The van der Waals surface area contributed by atoms with Crippen LogP contribution in [0.3, 0.4) is 0 Å². The van der Waals surface area contributed by atoms with Crippen molar-refractivity contribution in [3.05, 3.63) is 34.9 Å². The predicted molar refractivity (Wildman–Crippen MR) is 79.0 cm³/mol. The Bertz CT molecular complexity index is 582. The van der Waals surface area contributed by atoms with Gasteiger partial charge in [-0.25, -0.2) is 9.97 Å². The molecule has 0 spiro atoms. The van der Waals surface area contributed by atoms with Crippen molar-refractivity contribution in [2.45, 2.75) is 23.0 Å².